The number of carbonyl (C=O) groups excluding carboxylic acids is 1. The molecule has 2 N–H and O–H groups in total. The molecule has 0 saturated heterocycles. The van der Waals surface area contributed by atoms with Gasteiger partial charge in [-0.2, -0.15) is 0 Å². The number of hydrogen-bond donors (Lipinski definition) is 2. The molecule has 4 heteroatoms. The summed E-state index contributed by atoms with van der Waals surface area (Å²) >= 11 is 0. The minimum Gasteiger partial charge on any atom is -0.481 e. The predicted octanol–water partition coefficient (Wildman–Crippen LogP) is 3.26. The van der Waals surface area contributed by atoms with Gasteiger partial charge in [0.05, 0.1) is 5.41 Å². The summed E-state index contributed by atoms with van der Waals surface area (Å²) in [7, 11) is 0. The predicted molar refractivity (Wildman–Crippen MR) is 90.0 cm³/mol. The maximum Gasteiger partial charge on any atom is 0.309 e. The molecule has 126 valence electrons. The molecule has 0 bridgehead atoms. The molecule has 1 aliphatic rings. The van der Waals surface area contributed by atoms with Crippen molar-refractivity contribution in [3.05, 3.63) is 35.9 Å². The highest BCUT2D eigenvalue weighted by molar-refractivity contribution is 5.84. The van der Waals surface area contributed by atoms with Crippen LogP contribution < -0.4 is 5.32 Å². The van der Waals surface area contributed by atoms with Crippen LogP contribution in [0.4, 0.5) is 0 Å². The summed E-state index contributed by atoms with van der Waals surface area (Å²) in [6.45, 7) is 7.56. The van der Waals surface area contributed by atoms with Crippen LogP contribution in [0.3, 0.4) is 0 Å². The number of carboxylic acids is 1. The van der Waals surface area contributed by atoms with E-state index in [0.29, 0.717) is 12.8 Å². The molecule has 0 heterocycles. The van der Waals surface area contributed by atoms with Crippen LogP contribution in [-0.4, -0.2) is 23.0 Å². The van der Waals surface area contributed by atoms with Crippen LogP contribution in [-0.2, 0) is 16.0 Å². The topological polar surface area (TPSA) is 66.4 Å². The SMILES string of the molecule is C[C@H](Cc1ccccc1)NC(=O)[C@H]1CC[C@](C)(C(=O)O)C1(C)C. The first-order valence-electron chi connectivity index (χ1n) is 8.26. The summed E-state index contributed by atoms with van der Waals surface area (Å²) in [5.41, 5.74) is -0.228. The second kappa shape index (κ2) is 6.34. The fraction of sp³-hybridized carbons (Fsp3) is 0.579. The Morgan fingerprint density at radius 3 is 2.39 bits per heavy atom. The number of rotatable bonds is 5. The van der Waals surface area contributed by atoms with Gasteiger partial charge in [0.25, 0.3) is 0 Å². The van der Waals surface area contributed by atoms with Gasteiger partial charge in [0.15, 0.2) is 0 Å². The van der Waals surface area contributed by atoms with Crippen molar-refractivity contribution in [1.82, 2.24) is 5.32 Å². The molecule has 1 saturated carbocycles. The molecular weight excluding hydrogens is 290 g/mol. The number of amides is 1. The lowest BCUT2D eigenvalue weighted by Crippen LogP contribution is -2.47. The molecule has 1 aromatic rings. The first-order valence-corrected chi connectivity index (χ1v) is 8.26. The first-order chi connectivity index (χ1) is 10.7. The van der Waals surface area contributed by atoms with Gasteiger partial charge in [-0.25, -0.2) is 0 Å². The molecule has 2 rings (SSSR count). The third-order valence-corrected chi connectivity index (χ3v) is 5.79. The Balaban J connectivity index is 2.02. The van der Waals surface area contributed by atoms with Crippen LogP contribution in [0.1, 0.15) is 46.1 Å². The van der Waals surface area contributed by atoms with Crippen LogP contribution in [0.5, 0.6) is 0 Å². The summed E-state index contributed by atoms with van der Waals surface area (Å²) in [4.78, 5) is 24.3. The molecule has 0 spiro atoms. The minimum absolute atomic E-state index is 0.0246. The van der Waals surface area contributed by atoms with Crippen LogP contribution in [0.15, 0.2) is 30.3 Å². The molecule has 1 aromatic carbocycles. The molecule has 0 aromatic heterocycles. The maximum absolute atomic E-state index is 12.7. The molecule has 0 radical (unpaired) electrons. The lowest BCUT2D eigenvalue weighted by Gasteiger charge is -2.38. The van der Waals surface area contributed by atoms with E-state index in [2.05, 4.69) is 5.32 Å². The fourth-order valence-corrected chi connectivity index (χ4v) is 3.70. The second-order valence-corrected chi connectivity index (χ2v) is 7.55. The number of carbonyl (C=O) groups is 2. The van der Waals surface area contributed by atoms with Gasteiger partial charge in [0.2, 0.25) is 5.91 Å². The van der Waals surface area contributed by atoms with Crippen molar-refractivity contribution in [1.29, 1.82) is 0 Å². The highest BCUT2D eigenvalue weighted by Gasteiger charge is 2.58. The molecule has 23 heavy (non-hydrogen) atoms. The molecule has 0 aliphatic heterocycles. The highest BCUT2D eigenvalue weighted by atomic mass is 16.4. The monoisotopic (exact) mass is 317 g/mol. The third kappa shape index (κ3) is 3.26. The smallest absolute Gasteiger partial charge is 0.309 e. The molecule has 1 fully saturated rings. The number of hydrogen-bond acceptors (Lipinski definition) is 2. The summed E-state index contributed by atoms with van der Waals surface area (Å²) in [5.74, 6) is -1.10. The average molecular weight is 317 g/mol. The molecule has 1 amide bonds. The Labute approximate surface area is 138 Å². The van der Waals surface area contributed by atoms with Crippen molar-refractivity contribution in [2.45, 2.75) is 53.0 Å². The summed E-state index contributed by atoms with van der Waals surface area (Å²) in [6.07, 6.45) is 1.94. The number of carboxylic acid groups (broad SMARTS) is 1. The van der Waals surface area contributed by atoms with Crippen molar-refractivity contribution in [3.8, 4) is 0 Å². The van der Waals surface area contributed by atoms with Crippen LogP contribution in [0.2, 0.25) is 0 Å². The highest BCUT2D eigenvalue weighted by Crippen LogP contribution is 2.56. The summed E-state index contributed by atoms with van der Waals surface area (Å²) < 4.78 is 0. The zero-order valence-corrected chi connectivity index (χ0v) is 14.4. The van der Waals surface area contributed by atoms with Gasteiger partial charge in [0.1, 0.15) is 0 Å². The van der Waals surface area contributed by atoms with Gasteiger partial charge in [-0.3, -0.25) is 9.59 Å². The third-order valence-electron chi connectivity index (χ3n) is 5.79. The van der Waals surface area contributed by atoms with Crippen molar-refractivity contribution >= 4 is 11.9 Å². The summed E-state index contributed by atoms with van der Waals surface area (Å²) in [5, 5.41) is 12.6. The van der Waals surface area contributed by atoms with E-state index in [1.807, 2.05) is 51.1 Å². The maximum atomic E-state index is 12.7. The van der Waals surface area contributed by atoms with Gasteiger partial charge >= 0.3 is 5.97 Å². The van der Waals surface area contributed by atoms with E-state index in [4.69, 9.17) is 0 Å². The lowest BCUT2D eigenvalue weighted by molar-refractivity contribution is -0.155. The molecular formula is C19H27NO3. The standard InChI is InChI=1S/C19H27NO3/c1-13(12-14-8-6-5-7-9-14)20-16(21)15-10-11-19(4,17(22)23)18(15,2)3/h5-9,13,15H,10-12H2,1-4H3,(H,20,21)(H,22,23)/t13-,15-,19-/m1/s1. The Bertz CT molecular complexity index is 582. The van der Waals surface area contributed by atoms with Crippen molar-refractivity contribution < 1.29 is 14.7 Å². The Morgan fingerprint density at radius 1 is 1.26 bits per heavy atom. The lowest BCUT2D eigenvalue weighted by atomic mass is 9.65. The van der Waals surface area contributed by atoms with E-state index in [-0.39, 0.29) is 17.9 Å². The zero-order valence-electron chi connectivity index (χ0n) is 14.4. The molecule has 0 unspecified atom stereocenters. The number of nitrogens with one attached hydrogen (secondary N) is 1. The average Bonchev–Trinajstić information content (AvgIpc) is 2.71. The molecule has 3 atom stereocenters. The number of aliphatic carboxylic acids is 1. The Hall–Kier alpha value is -1.84. The Kier molecular flexibility index (Phi) is 4.83. The van der Waals surface area contributed by atoms with E-state index in [9.17, 15) is 14.7 Å². The molecule has 1 aliphatic carbocycles. The van der Waals surface area contributed by atoms with E-state index in [1.165, 1.54) is 5.56 Å². The number of benzene rings is 1. The molecule has 4 nitrogen and oxygen atoms in total. The van der Waals surface area contributed by atoms with E-state index in [1.54, 1.807) is 6.92 Å². The van der Waals surface area contributed by atoms with Gasteiger partial charge in [-0.15, -0.1) is 0 Å². The van der Waals surface area contributed by atoms with Crippen molar-refractivity contribution in [2.75, 3.05) is 0 Å². The second-order valence-electron chi connectivity index (χ2n) is 7.55. The Morgan fingerprint density at radius 2 is 1.87 bits per heavy atom. The van der Waals surface area contributed by atoms with Gasteiger partial charge < -0.3 is 10.4 Å². The minimum atomic E-state index is -0.850. The largest absolute Gasteiger partial charge is 0.481 e. The fourth-order valence-electron chi connectivity index (χ4n) is 3.70. The van der Waals surface area contributed by atoms with Gasteiger partial charge in [-0.05, 0) is 44.1 Å². The zero-order chi connectivity index (χ0) is 17.3. The van der Waals surface area contributed by atoms with Crippen LogP contribution in [0.25, 0.3) is 0 Å². The van der Waals surface area contributed by atoms with Gasteiger partial charge in [0, 0.05) is 12.0 Å². The van der Waals surface area contributed by atoms with E-state index >= 15 is 0 Å². The van der Waals surface area contributed by atoms with Crippen molar-refractivity contribution in [2.24, 2.45) is 16.7 Å². The quantitative estimate of drug-likeness (QED) is 0.876. The van der Waals surface area contributed by atoms with Crippen molar-refractivity contribution in [3.63, 3.8) is 0 Å². The van der Waals surface area contributed by atoms with E-state index < -0.39 is 16.8 Å². The van der Waals surface area contributed by atoms with E-state index in [0.717, 1.165) is 6.42 Å². The first kappa shape index (κ1) is 17.5. The van der Waals surface area contributed by atoms with Crippen LogP contribution >= 0.6 is 0 Å². The van der Waals surface area contributed by atoms with Gasteiger partial charge in [-0.1, -0.05) is 44.2 Å². The summed E-state index contributed by atoms with van der Waals surface area (Å²) in [6, 6.07) is 10.1. The normalized spacial score (nSPS) is 27.4. The van der Waals surface area contributed by atoms with Crippen LogP contribution in [0, 0.1) is 16.7 Å².